The van der Waals surface area contributed by atoms with Gasteiger partial charge in [-0.25, -0.2) is 4.79 Å². The van der Waals surface area contributed by atoms with E-state index in [2.05, 4.69) is 22.8 Å². The third kappa shape index (κ3) is 4.97. The van der Waals surface area contributed by atoms with Crippen LogP contribution in [0, 0.1) is 0 Å². The van der Waals surface area contributed by atoms with Crippen LogP contribution in [-0.4, -0.2) is 36.0 Å². The van der Waals surface area contributed by atoms with Crippen LogP contribution < -0.4 is 10.6 Å². The minimum atomic E-state index is -0.0922. The maximum Gasteiger partial charge on any atom is 0.315 e. The van der Waals surface area contributed by atoms with Crippen LogP contribution in [0.3, 0.4) is 0 Å². The van der Waals surface area contributed by atoms with E-state index in [1.54, 1.807) is 0 Å². The minimum absolute atomic E-state index is 0.0922. The van der Waals surface area contributed by atoms with Crippen LogP contribution in [0.2, 0.25) is 0 Å². The topological polar surface area (TPSA) is 61.4 Å². The summed E-state index contributed by atoms with van der Waals surface area (Å²) in [4.78, 5) is 26.2. The standard InChI is InChI=1S/C20H29N3O2/c24-19(23-15-13-18(23)16-8-3-1-4-9-16)12-7-14-21-20(25)22-17-10-5-2-6-11-17/h1,3-4,8-9,17-18H,2,5-7,10-15H2,(H2,21,22,25)/t18-/m1/s1. The molecule has 1 saturated carbocycles. The first-order valence-electron chi connectivity index (χ1n) is 9.63. The van der Waals surface area contributed by atoms with Crippen molar-refractivity contribution in [1.29, 1.82) is 0 Å². The Morgan fingerprint density at radius 3 is 2.48 bits per heavy atom. The molecule has 1 aliphatic carbocycles. The molecule has 0 aromatic heterocycles. The number of carbonyl (C=O) groups excluding carboxylic acids is 2. The summed E-state index contributed by atoms with van der Waals surface area (Å²) in [5, 5.41) is 5.92. The fraction of sp³-hybridized carbons (Fsp3) is 0.600. The normalized spacial score (nSPS) is 20.6. The van der Waals surface area contributed by atoms with E-state index in [4.69, 9.17) is 0 Å². The molecule has 1 atom stereocenters. The van der Waals surface area contributed by atoms with Gasteiger partial charge in [0.2, 0.25) is 5.91 Å². The van der Waals surface area contributed by atoms with Gasteiger partial charge in [-0.05, 0) is 31.2 Å². The Hall–Kier alpha value is -2.04. The fourth-order valence-corrected chi connectivity index (χ4v) is 3.78. The van der Waals surface area contributed by atoms with E-state index in [1.165, 1.54) is 24.8 Å². The summed E-state index contributed by atoms with van der Waals surface area (Å²) in [5.74, 6) is 0.189. The molecule has 136 valence electrons. The Kier molecular flexibility index (Phi) is 6.31. The smallest absolute Gasteiger partial charge is 0.315 e. The molecule has 3 amide bonds. The Balaban J connectivity index is 1.32. The van der Waals surface area contributed by atoms with E-state index in [1.807, 2.05) is 23.1 Å². The lowest BCUT2D eigenvalue weighted by Gasteiger charge is -2.41. The van der Waals surface area contributed by atoms with Crippen molar-refractivity contribution in [3.63, 3.8) is 0 Å². The van der Waals surface area contributed by atoms with Crippen molar-refractivity contribution in [3.8, 4) is 0 Å². The van der Waals surface area contributed by atoms with Crippen molar-refractivity contribution in [1.82, 2.24) is 15.5 Å². The minimum Gasteiger partial charge on any atom is -0.338 e. The van der Waals surface area contributed by atoms with Gasteiger partial charge in [-0.1, -0.05) is 49.6 Å². The van der Waals surface area contributed by atoms with Gasteiger partial charge in [0.1, 0.15) is 0 Å². The first-order chi connectivity index (χ1) is 12.2. The van der Waals surface area contributed by atoms with Crippen molar-refractivity contribution in [2.45, 2.75) is 63.5 Å². The fourth-order valence-electron chi connectivity index (χ4n) is 3.78. The molecule has 3 rings (SSSR count). The van der Waals surface area contributed by atoms with Gasteiger partial charge in [0.05, 0.1) is 6.04 Å². The van der Waals surface area contributed by atoms with Gasteiger partial charge in [0, 0.05) is 25.6 Å². The van der Waals surface area contributed by atoms with E-state index in [0.717, 1.165) is 25.8 Å². The Morgan fingerprint density at radius 2 is 1.80 bits per heavy atom. The SMILES string of the molecule is O=C(NCCCC(=O)N1CC[C@@H]1c1ccccc1)NC1CCCCC1. The van der Waals surface area contributed by atoms with E-state index >= 15 is 0 Å². The monoisotopic (exact) mass is 343 g/mol. The summed E-state index contributed by atoms with van der Waals surface area (Å²) in [6, 6.07) is 10.7. The van der Waals surface area contributed by atoms with Crippen LogP contribution in [0.15, 0.2) is 30.3 Å². The average molecular weight is 343 g/mol. The summed E-state index contributed by atoms with van der Waals surface area (Å²) >= 11 is 0. The zero-order valence-corrected chi connectivity index (χ0v) is 14.9. The van der Waals surface area contributed by atoms with Crippen LogP contribution >= 0.6 is 0 Å². The van der Waals surface area contributed by atoms with E-state index in [0.29, 0.717) is 25.4 Å². The number of hydrogen-bond donors (Lipinski definition) is 2. The number of nitrogens with zero attached hydrogens (tertiary/aromatic N) is 1. The number of urea groups is 1. The van der Waals surface area contributed by atoms with Gasteiger partial charge in [0.15, 0.2) is 0 Å². The van der Waals surface area contributed by atoms with Crippen molar-refractivity contribution in [3.05, 3.63) is 35.9 Å². The molecule has 2 aliphatic rings. The molecule has 0 spiro atoms. The number of hydrogen-bond acceptors (Lipinski definition) is 2. The number of likely N-dealkylation sites (tertiary alicyclic amines) is 1. The van der Waals surface area contributed by atoms with Gasteiger partial charge in [-0.3, -0.25) is 4.79 Å². The van der Waals surface area contributed by atoms with Crippen molar-refractivity contribution in [2.24, 2.45) is 0 Å². The van der Waals surface area contributed by atoms with Crippen molar-refractivity contribution in [2.75, 3.05) is 13.1 Å². The highest BCUT2D eigenvalue weighted by atomic mass is 16.2. The number of rotatable bonds is 6. The average Bonchev–Trinajstić information content (AvgIpc) is 2.60. The predicted octanol–water partition coefficient (Wildman–Crippen LogP) is 3.37. The zero-order valence-electron chi connectivity index (χ0n) is 14.9. The predicted molar refractivity (Wildman–Crippen MR) is 98.2 cm³/mol. The summed E-state index contributed by atoms with van der Waals surface area (Å²) in [6.45, 7) is 1.39. The molecule has 5 heteroatoms. The number of benzene rings is 1. The van der Waals surface area contributed by atoms with Crippen LogP contribution in [-0.2, 0) is 4.79 Å². The number of carbonyl (C=O) groups is 2. The highest BCUT2D eigenvalue weighted by molar-refractivity contribution is 5.78. The van der Waals surface area contributed by atoms with Gasteiger partial charge < -0.3 is 15.5 Å². The lowest BCUT2D eigenvalue weighted by Crippen LogP contribution is -2.45. The lowest BCUT2D eigenvalue weighted by atomic mass is 9.94. The lowest BCUT2D eigenvalue weighted by molar-refractivity contribution is -0.139. The maximum absolute atomic E-state index is 12.4. The maximum atomic E-state index is 12.4. The molecule has 1 aliphatic heterocycles. The second kappa shape index (κ2) is 8.88. The second-order valence-electron chi connectivity index (χ2n) is 7.14. The first-order valence-corrected chi connectivity index (χ1v) is 9.63. The Morgan fingerprint density at radius 1 is 1.04 bits per heavy atom. The second-order valence-corrected chi connectivity index (χ2v) is 7.14. The quantitative estimate of drug-likeness (QED) is 0.778. The molecular formula is C20H29N3O2. The highest BCUT2D eigenvalue weighted by Crippen LogP contribution is 2.33. The molecule has 0 bridgehead atoms. The van der Waals surface area contributed by atoms with Crippen molar-refractivity contribution >= 4 is 11.9 Å². The molecule has 1 saturated heterocycles. The van der Waals surface area contributed by atoms with Crippen molar-refractivity contribution < 1.29 is 9.59 Å². The van der Waals surface area contributed by atoms with E-state index in [-0.39, 0.29) is 18.0 Å². The summed E-state index contributed by atoms with van der Waals surface area (Å²) in [7, 11) is 0. The molecule has 1 aromatic carbocycles. The number of nitrogens with one attached hydrogen (secondary N) is 2. The summed E-state index contributed by atoms with van der Waals surface area (Å²) < 4.78 is 0. The third-order valence-corrected chi connectivity index (χ3v) is 5.32. The van der Waals surface area contributed by atoms with Crippen LogP contribution in [0.4, 0.5) is 4.79 Å². The molecule has 2 fully saturated rings. The molecule has 2 N–H and O–H groups in total. The molecule has 0 radical (unpaired) electrons. The molecular weight excluding hydrogens is 314 g/mol. The van der Waals surface area contributed by atoms with E-state index < -0.39 is 0 Å². The van der Waals surface area contributed by atoms with Gasteiger partial charge in [-0.15, -0.1) is 0 Å². The van der Waals surface area contributed by atoms with Crippen LogP contribution in [0.1, 0.15) is 63.0 Å². The van der Waals surface area contributed by atoms with Gasteiger partial charge >= 0.3 is 6.03 Å². The first kappa shape index (κ1) is 17.8. The molecule has 1 heterocycles. The molecule has 1 aromatic rings. The molecule has 5 nitrogen and oxygen atoms in total. The molecule has 25 heavy (non-hydrogen) atoms. The summed E-state index contributed by atoms with van der Waals surface area (Å²) in [6.07, 6.45) is 8.08. The summed E-state index contributed by atoms with van der Waals surface area (Å²) in [5.41, 5.74) is 1.21. The van der Waals surface area contributed by atoms with Crippen LogP contribution in [0.5, 0.6) is 0 Å². The number of amides is 3. The van der Waals surface area contributed by atoms with Gasteiger partial charge in [0.25, 0.3) is 0 Å². The highest BCUT2D eigenvalue weighted by Gasteiger charge is 2.32. The Labute approximate surface area is 150 Å². The third-order valence-electron chi connectivity index (χ3n) is 5.32. The molecule has 0 unspecified atom stereocenters. The largest absolute Gasteiger partial charge is 0.338 e. The Bertz CT molecular complexity index is 570. The van der Waals surface area contributed by atoms with E-state index in [9.17, 15) is 9.59 Å². The van der Waals surface area contributed by atoms with Crippen LogP contribution in [0.25, 0.3) is 0 Å². The van der Waals surface area contributed by atoms with Gasteiger partial charge in [-0.2, -0.15) is 0 Å². The zero-order chi connectivity index (χ0) is 17.5.